The Bertz CT molecular complexity index is 405. The molecule has 0 atom stereocenters. The first kappa shape index (κ1) is 11.7. The second kappa shape index (κ2) is 5.52. The van der Waals surface area contributed by atoms with E-state index >= 15 is 0 Å². The van der Waals surface area contributed by atoms with E-state index in [2.05, 4.69) is 24.9 Å². The van der Waals surface area contributed by atoms with Gasteiger partial charge < -0.3 is 0 Å². The summed E-state index contributed by atoms with van der Waals surface area (Å²) in [5.74, 6) is 0. The zero-order valence-electron chi connectivity index (χ0n) is 8.93. The van der Waals surface area contributed by atoms with Crippen LogP contribution in [0.3, 0.4) is 0 Å². The Morgan fingerprint density at radius 1 is 1.50 bits per heavy atom. The third kappa shape index (κ3) is 2.82. The molecule has 0 radical (unpaired) electrons. The van der Waals surface area contributed by atoms with Gasteiger partial charge in [-0.1, -0.05) is 37.9 Å². The van der Waals surface area contributed by atoms with Gasteiger partial charge in [0, 0.05) is 5.03 Å². The second-order valence-electron chi connectivity index (χ2n) is 3.30. The molecule has 1 aliphatic carbocycles. The first-order valence-electron chi connectivity index (χ1n) is 5.01. The molecule has 1 aromatic heterocycles. The fraction of sp³-hybridized carbons (Fsp3) is 0.545. The average Bonchev–Trinajstić information content (AvgIpc) is 2.48. The van der Waals surface area contributed by atoms with Gasteiger partial charge in [0.25, 0.3) is 0 Å². The molecule has 1 aromatic rings. The standard InChI is InChI=1S/C8H8ClNS.C3H8/c1-5-10-8-6(9)3-2-4-7(8)11-5;1-3-2/h4H,2-3H2,1H3;3H2,1-2H3. The van der Waals surface area contributed by atoms with Gasteiger partial charge in [0.15, 0.2) is 0 Å². The summed E-state index contributed by atoms with van der Waals surface area (Å²) in [4.78, 5) is 4.35. The molecule has 78 valence electrons. The summed E-state index contributed by atoms with van der Waals surface area (Å²) in [6.07, 6.45) is 5.48. The van der Waals surface area contributed by atoms with Gasteiger partial charge in [-0.05, 0) is 19.8 Å². The predicted molar refractivity (Wildman–Crippen MR) is 65.0 cm³/mol. The number of fused-ring (bicyclic) bond motifs is 1. The van der Waals surface area contributed by atoms with Crippen molar-refractivity contribution in [3.05, 3.63) is 14.9 Å². The molecule has 0 unspecified atom stereocenters. The van der Waals surface area contributed by atoms with Crippen molar-refractivity contribution in [2.45, 2.75) is 40.0 Å². The van der Waals surface area contributed by atoms with E-state index in [1.54, 1.807) is 11.3 Å². The predicted octanol–water partition coefficient (Wildman–Crippen LogP) is 2.79. The summed E-state index contributed by atoms with van der Waals surface area (Å²) in [6.45, 7) is 6.26. The highest BCUT2D eigenvalue weighted by molar-refractivity contribution is 7.09. The van der Waals surface area contributed by atoms with Crippen molar-refractivity contribution < 1.29 is 0 Å². The Labute approximate surface area is 94.1 Å². The molecule has 0 saturated carbocycles. The maximum absolute atomic E-state index is 6.00. The van der Waals surface area contributed by atoms with E-state index in [0.717, 1.165) is 28.2 Å². The van der Waals surface area contributed by atoms with Gasteiger partial charge in [-0.25, -0.2) is 4.98 Å². The number of nitrogens with zero attached hydrogens (tertiary/aromatic N) is 1. The first-order chi connectivity index (χ1) is 6.69. The van der Waals surface area contributed by atoms with Crippen LogP contribution in [-0.4, -0.2) is 4.98 Å². The summed E-state index contributed by atoms with van der Waals surface area (Å²) >= 11 is 7.72. The normalized spacial score (nSPS) is 13.9. The first-order valence-corrected chi connectivity index (χ1v) is 6.20. The minimum atomic E-state index is 0.923. The van der Waals surface area contributed by atoms with Crippen LogP contribution in [0.25, 0.3) is 11.1 Å². The minimum absolute atomic E-state index is 0.923. The fourth-order valence-corrected chi connectivity index (χ4v) is 2.45. The van der Waals surface area contributed by atoms with Crippen molar-refractivity contribution >= 4 is 34.0 Å². The van der Waals surface area contributed by atoms with Gasteiger partial charge in [0.1, 0.15) is 0 Å². The lowest BCUT2D eigenvalue weighted by Gasteiger charge is -1.96. The van der Waals surface area contributed by atoms with Crippen molar-refractivity contribution in [1.29, 1.82) is 0 Å². The van der Waals surface area contributed by atoms with Gasteiger partial charge in [0.2, 0.25) is 0 Å². The molecular weight excluding hydrogens is 214 g/mol. The Balaban J connectivity index is 0.000000293. The van der Waals surface area contributed by atoms with E-state index in [4.69, 9.17) is 11.6 Å². The van der Waals surface area contributed by atoms with Crippen LogP contribution in [0.15, 0.2) is 0 Å². The third-order valence-corrected chi connectivity index (χ3v) is 3.05. The Hall–Kier alpha value is -0.340. The molecule has 0 spiro atoms. The van der Waals surface area contributed by atoms with Crippen LogP contribution < -0.4 is 9.88 Å². The topological polar surface area (TPSA) is 12.9 Å². The van der Waals surface area contributed by atoms with E-state index in [1.807, 2.05) is 6.92 Å². The Kier molecular flexibility index (Phi) is 4.63. The summed E-state index contributed by atoms with van der Waals surface area (Å²) in [7, 11) is 0. The van der Waals surface area contributed by atoms with Crippen LogP contribution >= 0.6 is 22.9 Å². The van der Waals surface area contributed by atoms with E-state index in [1.165, 1.54) is 11.0 Å². The molecular formula is C11H16ClNS. The lowest BCUT2D eigenvalue weighted by Crippen LogP contribution is -2.25. The molecule has 0 aromatic carbocycles. The summed E-state index contributed by atoms with van der Waals surface area (Å²) in [5, 5.41) is 3.04. The van der Waals surface area contributed by atoms with E-state index in [-0.39, 0.29) is 0 Å². The fourth-order valence-electron chi connectivity index (χ4n) is 1.22. The quantitative estimate of drug-likeness (QED) is 0.667. The van der Waals surface area contributed by atoms with E-state index < -0.39 is 0 Å². The molecule has 1 aliphatic rings. The lowest BCUT2D eigenvalue weighted by atomic mass is 10.2. The molecule has 1 nitrogen and oxygen atoms in total. The molecule has 0 aliphatic heterocycles. The minimum Gasteiger partial charge on any atom is -0.240 e. The monoisotopic (exact) mass is 229 g/mol. The Morgan fingerprint density at radius 3 is 2.71 bits per heavy atom. The number of thiazole rings is 1. The number of halogens is 1. The van der Waals surface area contributed by atoms with Gasteiger partial charge in [-0.15, -0.1) is 11.3 Å². The summed E-state index contributed by atoms with van der Waals surface area (Å²) in [6, 6.07) is 0. The highest BCUT2D eigenvalue weighted by atomic mass is 35.5. The van der Waals surface area contributed by atoms with E-state index in [0.29, 0.717) is 0 Å². The van der Waals surface area contributed by atoms with Gasteiger partial charge >= 0.3 is 0 Å². The van der Waals surface area contributed by atoms with Crippen molar-refractivity contribution in [2.75, 3.05) is 0 Å². The summed E-state index contributed by atoms with van der Waals surface area (Å²) in [5.41, 5.74) is 0. The van der Waals surface area contributed by atoms with Gasteiger partial charge in [-0.3, -0.25) is 0 Å². The largest absolute Gasteiger partial charge is 0.240 e. The molecule has 0 N–H and O–H groups in total. The number of aromatic nitrogens is 1. The van der Waals surface area contributed by atoms with Crippen LogP contribution in [0.5, 0.6) is 0 Å². The molecule has 1 heterocycles. The highest BCUT2D eigenvalue weighted by Crippen LogP contribution is 2.12. The van der Waals surface area contributed by atoms with Gasteiger partial charge in [-0.2, -0.15) is 0 Å². The van der Waals surface area contributed by atoms with Crippen molar-refractivity contribution in [1.82, 2.24) is 4.98 Å². The van der Waals surface area contributed by atoms with Crippen molar-refractivity contribution in [2.24, 2.45) is 0 Å². The zero-order chi connectivity index (χ0) is 10.6. The molecule has 2 rings (SSSR count). The zero-order valence-corrected chi connectivity index (χ0v) is 10.5. The number of hydrogen-bond donors (Lipinski definition) is 0. The SMILES string of the molecule is CCC.Cc1nc2c(s1)=CCCC=2Cl. The number of aryl methyl sites for hydroxylation is 1. The van der Waals surface area contributed by atoms with Crippen molar-refractivity contribution in [3.63, 3.8) is 0 Å². The summed E-state index contributed by atoms with van der Waals surface area (Å²) < 4.78 is 1.25. The van der Waals surface area contributed by atoms with Crippen LogP contribution in [-0.2, 0) is 0 Å². The molecule has 3 heteroatoms. The molecule has 14 heavy (non-hydrogen) atoms. The van der Waals surface area contributed by atoms with Crippen LogP contribution in [0.4, 0.5) is 0 Å². The third-order valence-electron chi connectivity index (χ3n) is 1.71. The van der Waals surface area contributed by atoms with Crippen LogP contribution in [0.1, 0.15) is 38.1 Å². The molecule has 0 amide bonds. The number of rotatable bonds is 0. The maximum atomic E-state index is 6.00. The highest BCUT2D eigenvalue weighted by Gasteiger charge is 2.04. The van der Waals surface area contributed by atoms with Crippen LogP contribution in [0, 0.1) is 6.92 Å². The lowest BCUT2D eigenvalue weighted by molar-refractivity contribution is 1.08. The van der Waals surface area contributed by atoms with Crippen LogP contribution in [0.2, 0.25) is 0 Å². The molecule has 0 fully saturated rings. The molecule has 0 saturated heterocycles. The van der Waals surface area contributed by atoms with Gasteiger partial charge in [0.05, 0.1) is 14.9 Å². The average molecular weight is 230 g/mol. The number of hydrogen-bond acceptors (Lipinski definition) is 2. The maximum Gasteiger partial charge on any atom is 0.0957 e. The molecule has 0 bridgehead atoms. The van der Waals surface area contributed by atoms with E-state index in [9.17, 15) is 0 Å². The Morgan fingerprint density at radius 2 is 2.14 bits per heavy atom. The second-order valence-corrected chi connectivity index (χ2v) is 4.99. The van der Waals surface area contributed by atoms with Crippen molar-refractivity contribution in [3.8, 4) is 0 Å². The smallest absolute Gasteiger partial charge is 0.0957 e.